The molecule has 0 spiro atoms. The molecule has 0 saturated carbocycles. The summed E-state index contributed by atoms with van der Waals surface area (Å²) in [5.74, 6) is -0.250. The van der Waals surface area contributed by atoms with E-state index in [1.54, 1.807) is 24.3 Å². The van der Waals surface area contributed by atoms with Gasteiger partial charge in [0.2, 0.25) is 15.9 Å². The van der Waals surface area contributed by atoms with Crippen molar-refractivity contribution in [3.63, 3.8) is 0 Å². The van der Waals surface area contributed by atoms with Crippen LogP contribution >= 0.6 is 11.6 Å². The van der Waals surface area contributed by atoms with Crippen LogP contribution in [0.5, 0.6) is 0 Å². The Morgan fingerprint density at radius 2 is 1.89 bits per heavy atom. The molecular weight excluding hydrogens is 288 g/mol. The van der Waals surface area contributed by atoms with Crippen molar-refractivity contribution in [1.29, 1.82) is 0 Å². The predicted octanol–water partition coefficient (Wildman–Crippen LogP) is 2.10. The van der Waals surface area contributed by atoms with Gasteiger partial charge in [0, 0.05) is 23.4 Å². The van der Waals surface area contributed by atoms with Gasteiger partial charge in [-0.3, -0.25) is 4.79 Å². The number of nitrogens with two attached hydrogens (primary N) is 1. The Morgan fingerprint density at radius 1 is 1.21 bits per heavy atom. The smallest absolute Gasteiger partial charge is 0.240 e. The molecular formula is C12H11ClN2O3S. The highest BCUT2D eigenvalue weighted by molar-refractivity contribution is 7.89. The first kappa shape index (κ1) is 13.8. The summed E-state index contributed by atoms with van der Waals surface area (Å²) in [4.78, 5) is 11.0. The van der Waals surface area contributed by atoms with Crippen LogP contribution in [-0.2, 0) is 14.8 Å². The molecule has 0 bridgehead atoms. The maximum Gasteiger partial charge on any atom is 0.240 e. The highest BCUT2D eigenvalue weighted by Gasteiger charge is 2.18. The number of benzene rings is 2. The monoisotopic (exact) mass is 298 g/mol. The summed E-state index contributed by atoms with van der Waals surface area (Å²) in [5, 5.41) is 8.79. The van der Waals surface area contributed by atoms with Crippen LogP contribution in [-0.4, -0.2) is 14.3 Å². The molecule has 2 rings (SSSR count). The Hall–Kier alpha value is -1.63. The Morgan fingerprint density at radius 3 is 2.47 bits per heavy atom. The normalized spacial score (nSPS) is 11.5. The van der Waals surface area contributed by atoms with Gasteiger partial charge in [0.15, 0.2) is 0 Å². The van der Waals surface area contributed by atoms with Crippen molar-refractivity contribution < 1.29 is 13.2 Å². The zero-order valence-electron chi connectivity index (χ0n) is 9.98. The average Bonchev–Trinajstić information content (AvgIpc) is 2.26. The maximum atomic E-state index is 11.6. The molecule has 2 aromatic rings. The van der Waals surface area contributed by atoms with Gasteiger partial charge in [0.1, 0.15) is 4.90 Å². The lowest BCUT2D eigenvalue weighted by molar-refractivity contribution is -0.114. The fraction of sp³-hybridized carbons (Fsp3) is 0.0833. The summed E-state index contributed by atoms with van der Waals surface area (Å²) in [5.41, 5.74) is 0.506. The molecule has 0 atom stereocenters. The van der Waals surface area contributed by atoms with E-state index in [0.717, 1.165) is 0 Å². The van der Waals surface area contributed by atoms with E-state index >= 15 is 0 Å². The number of nitrogens with one attached hydrogen (secondary N) is 1. The van der Waals surface area contributed by atoms with Gasteiger partial charge in [-0.25, -0.2) is 13.6 Å². The van der Waals surface area contributed by atoms with E-state index in [9.17, 15) is 13.2 Å². The topological polar surface area (TPSA) is 89.3 Å². The van der Waals surface area contributed by atoms with Crippen molar-refractivity contribution in [1.82, 2.24) is 0 Å². The molecule has 0 heterocycles. The highest BCUT2D eigenvalue weighted by atomic mass is 35.5. The van der Waals surface area contributed by atoms with Crippen LogP contribution in [0, 0.1) is 0 Å². The third-order valence-corrected chi connectivity index (χ3v) is 4.00. The molecule has 5 nitrogen and oxygen atoms in total. The molecule has 0 saturated heterocycles. The standard InChI is InChI=1S/C12H11ClN2O3S/c1-7(16)15-11-4-2-3-9-8(11)5-6-10(13)12(9)19(14,17)18/h2-6H,1H3,(H,15,16)(H2,14,17,18). The van der Waals surface area contributed by atoms with Crippen molar-refractivity contribution in [2.75, 3.05) is 5.32 Å². The molecule has 2 aromatic carbocycles. The highest BCUT2D eigenvalue weighted by Crippen LogP contribution is 2.33. The van der Waals surface area contributed by atoms with Crippen molar-refractivity contribution >= 4 is 44.0 Å². The zero-order valence-corrected chi connectivity index (χ0v) is 11.5. The van der Waals surface area contributed by atoms with E-state index < -0.39 is 10.0 Å². The number of rotatable bonds is 2. The Labute approximate surface area is 115 Å². The van der Waals surface area contributed by atoms with Crippen molar-refractivity contribution in [3.05, 3.63) is 35.4 Å². The van der Waals surface area contributed by atoms with Gasteiger partial charge in [-0.15, -0.1) is 0 Å². The van der Waals surface area contributed by atoms with Crippen molar-refractivity contribution in [2.24, 2.45) is 5.14 Å². The van der Waals surface area contributed by atoms with Crippen LogP contribution in [0.2, 0.25) is 5.02 Å². The minimum absolute atomic E-state index is 0.0509. The van der Waals surface area contributed by atoms with Crippen LogP contribution in [0.4, 0.5) is 5.69 Å². The molecule has 1 amide bonds. The fourth-order valence-electron chi connectivity index (χ4n) is 1.89. The molecule has 0 aliphatic heterocycles. The lowest BCUT2D eigenvalue weighted by Gasteiger charge is -2.11. The number of anilines is 1. The van der Waals surface area contributed by atoms with Crippen molar-refractivity contribution in [3.8, 4) is 0 Å². The third-order valence-electron chi connectivity index (χ3n) is 2.56. The van der Waals surface area contributed by atoms with E-state index in [0.29, 0.717) is 16.5 Å². The minimum atomic E-state index is -3.95. The van der Waals surface area contributed by atoms with Gasteiger partial charge in [-0.1, -0.05) is 29.8 Å². The van der Waals surface area contributed by atoms with E-state index in [1.807, 2.05) is 0 Å². The predicted molar refractivity (Wildman–Crippen MR) is 74.6 cm³/mol. The summed E-state index contributed by atoms with van der Waals surface area (Å²) in [6.07, 6.45) is 0. The molecule has 0 aliphatic rings. The Bertz CT molecular complexity index is 772. The van der Waals surface area contributed by atoms with Gasteiger partial charge < -0.3 is 5.32 Å². The number of amides is 1. The number of hydrogen-bond donors (Lipinski definition) is 2. The van der Waals surface area contributed by atoms with Crippen molar-refractivity contribution in [2.45, 2.75) is 11.8 Å². The van der Waals surface area contributed by atoms with E-state index in [1.165, 1.54) is 13.0 Å². The van der Waals surface area contributed by atoms with Gasteiger partial charge in [-0.05, 0) is 12.1 Å². The molecule has 7 heteroatoms. The average molecular weight is 299 g/mol. The summed E-state index contributed by atoms with van der Waals surface area (Å²) in [6.45, 7) is 1.37. The van der Waals surface area contributed by atoms with Crippen LogP contribution in [0.3, 0.4) is 0 Å². The molecule has 3 N–H and O–H groups in total. The molecule has 0 fully saturated rings. The third kappa shape index (κ3) is 2.70. The lowest BCUT2D eigenvalue weighted by Crippen LogP contribution is -2.13. The molecule has 19 heavy (non-hydrogen) atoms. The second-order valence-corrected chi connectivity index (χ2v) is 5.91. The molecule has 0 radical (unpaired) electrons. The zero-order chi connectivity index (χ0) is 14.2. The molecule has 0 aromatic heterocycles. The van der Waals surface area contributed by atoms with Gasteiger partial charge >= 0.3 is 0 Å². The number of sulfonamides is 1. The SMILES string of the molecule is CC(=O)Nc1cccc2c(S(N)(=O)=O)c(Cl)ccc12. The second-order valence-electron chi connectivity index (χ2n) is 4.00. The Balaban J connectivity index is 2.85. The molecule has 0 unspecified atom stereocenters. The number of fused-ring (bicyclic) bond motifs is 1. The summed E-state index contributed by atoms with van der Waals surface area (Å²) in [6, 6.07) is 7.96. The van der Waals surface area contributed by atoms with Gasteiger partial charge in [0.25, 0.3) is 0 Å². The maximum absolute atomic E-state index is 11.6. The Kier molecular flexibility index (Phi) is 3.49. The largest absolute Gasteiger partial charge is 0.326 e. The lowest BCUT2D eigenvalue weighted by atomic mass is 10.1. The minimum Gasteiger partial charge on any atom is -0.326 e. The summed E-state index contributed by atoms with van der Waals surface area (Å²) < 4.78 is 23.2. The quantitative estimate of drug-likeness (QED) is 0.889. The molecule has 0 aliphatic carbocycles. The molecule has 100 valence electrons. The van der Waals surface area contributed by atoms with Crippen LogP contribution < -0.4 is 10.5 Å². The van der Waals surface area contributed by atoms with Gasteiger partial charge in [-0.2, -0.15) is 0 Å². The number of carbonyl (C=O) groups is 1. The number of halogens is 1. The van der Waals surface area contributed by atoms with Gasteiger partial charge in [0.05, 0.1) is 5.02 Å². The van der Waals surface area contributed by atoms with Crippen LogP contribution in [0.1, 0.15) is 6.92 Å². The van der Waals surface area contributed by atoms with E-state index in [4.69, 9.17) is 16.7 Å². The van der Waals surface area contributed by atoms with E-state index in [2.05, 4.69) is 5.32 Å². The number of hydrogen-bond acceptors (Lipinski definition) is 3. The summed E-state index contributed by atoms with van der Waals surface area (Å²) >= 11 is 5.90. The van der Waals surface area contributed by atoms with Crippen LogP contribution in [0.15, 0.2) is 35.2 Å². The second kappa shape index (κ2) is 4.80. The van der Waals surface area contributed by atoms with E-state index in [-0.39, 0.29) is 15.8 Å². The van der Waals surface area contributed by atoms with Crippen LogP contribution in [0.25, 0.3) is 10.8 Å². The summed E-state index contributed by atoms with van der Waals surface area (Å²) in [7, 11) is -3.95. The fourth-order valence-corrected chi connectivity index (χ4v) is 3.20. The first-order chi connectivity index (χ1) is 8.80. The number of primary sulfonamides is 1. The first-order valence-electron chi connectivity index (χ1n) is 5.32. The number of carbonyl (C=O) groups excluding carboxylic acids is 1. The first-order valence-corrected chi connectivity index (χ1v) is 7.25.